The predicted octanol–water partition coefficient (Wildman–Crippen LogP) is 1.67. The van der Waals surface area contributed by atoms with E-state index in [4.69, 9.17) is 23.7 Å². The van der Waals surface area contributed by atoms with Crippen molar-refractivity contribution in [1.29, 1.82) is 0 Å². The summed E-state index contributed by atoms with van der Waals surface area (Å²) in [7, 11) is 0. The molecule has 6 rings (SSSR count). The summed E-state index contributed by atoms with van der Waals surface area (Å²) in [4.78, 5) is 53.8. The quantitative estimate of drug-likeness (QED) is 0.0593. The molecule has 1 saturated heterocycles. The molecule has 56 heavy (non-hydrogen) atoms. The number of aliphatic hydroxyl groups excluding tert-OH is 1. The summed E-state index contributed by atoms with van der Waals surface area (Å²) in [6, 6.07) is 7.89. The summed E-state index contributed by atoms with van der Waals surface area (Å²) in [5.74, 6) is -16.3. The normalized spacial score (nSPS) is 20.7. The minimum absolute atomic E-state index is 0.0652. The Morgan fingerprint density at radius 3 is 1.79 bits per heavy atom. The highest BCUT2D eigenvalue weighted by Gasteiger charge is 2.52. The molecule has 2 aliphatic rings. The number of carbonyl (C=O) groups excluding carboxylic acids is 4. The highest BCUT2D eigenvalue weighted by molar-refractivity contribution is 6.08. The minimum Gasteiger partial charge on any atom is -0.508 e. The lowest BCUT2D eigenvalue weighted by Gasteiger charge is -2.42. The molecule has 0 aliphatic carbocycles. The molecule has 0 spiro atoms. The fourth-order valence-corrected chi connectivity index (χ4v) is 5.76. The van der Waals surface area contributed by atoms with Gasteiger partial charge in [0.15, 0.2) is 58.6 Å². The third-order valence-corrected chi connectivity index (χ3v) is 8.52. The van der Waals surface area contributed by atoms with E-state index in [-0.39, 0.29) is 5.75 Å². The number of esters is 4. The second-order valence-electron chi connectivity index (χ2n) is 12.1. The Morgan fingerprint density at radius 2 is 1.21 bits per heavy atom. The van der Waals surface area contributed by atoms with Crippen LogP contribution in [0.1, 0.15) is 36.6 Å². The van der Waals surface area contributed by atoms with Crippen molar-refractivity contribution in [1.82, 2.24) is 0 Å². The fourth-order valence-electron chi connectivity index (χ4n) is 5.76. The molecule has 2 aliphatic heterocycles. The zero-order chi connectivity index (χ0) is 40.7. The second kappa shape index (κ2) is 14.7. The average Bonchev–Trinajstić information content (AvgIpc) is 3.17. The van der Waals surface area contributed by atoms with E-state index < -0.39 is 141 Å². The molecule has 1 fully saturated rings. The molecule has 20 nitrogen and oxygen atoms in total. The highest BCUT2D eigenvalue weighted by Crippen LogP contribution is 2.53. The molecule has 0 unspecified atom stereocenters. The maximum Gasteiger partial charge on any atom is 0.339 e. The Kier molecular flexibility index (Phi) is 10.0. The Morgan fingerprint density at radius 1 is 0.679 bits per heavy atom. The number of hydrogen-bond acceptors (Lipinski definition) is 20. The molecule has 5 atom stereocenters. The van der Waals surface area contributed by atoms with E-state index in [1.807, 2.05) is 0 Å². The molecular weight excluding hydrogens is 752 g/mol. The summed E-state index contributed by atoms with van der Waals surface area (Å²) in [6.45, 7) is -1.03. The first-order chi connectivity index (χ1) is 26.5. The Hall–Kier alpha value is -7.58. The van der Waals surface area contributed by atoms with Crippen LogP contribution in [0.5, 0.6) is 57.5 Å². The van der Waals surface area contributed by atoms with E-state index in [2.05, 4.69) is 0 Å². The van der Waals surface area contributed by atoms with Gasteiger partial charge in [-0.3, -0.25) is 0 Å². The van der Waals surface area contributed by atoms with Gasteiger partial charge >= 0.3 is 23.9 Å². The molecule has 0 bridgehead atoms. The zero-order valence-electron chi connectivity index (χ0n) is 28.0. The van der Waals surface area contributed by atoms with Crippen LogP contribution in [0, 0.1) is 0 Å². The molecule has 0 radical (unpaired) electrons. The lowest BCUT2D eigenvalue weighted by molar-refractivity contribution is -0.289. The molecular formula is C36H28O20. The number of cyclic esters (lactones) is 1. The van der Waals surface area contributed by atoms with E-state index in [0.29, 0.717) is 29.8 Å². The van der Waals surface area contributed by atoms with Crippen molar-refractivity contribution in [2.45, 2.75) is 30.7 Å². The fraction of sp³-hybridized carbons (Fsp3) is 0.167. The lowest BCUT2D eigenvalue weighted by Crippen LogP contribution is -2.62. The van der Waals surface area contributed by atoms with Gasteiger partial charge in [0.05, 0.1) is 16.7 Å². The largest absolute Gasteiger partial charge is 0.508 e. The minimum atomic E-state index is -2.28. The third kappa shape index (κ3) is 7.07. The topological polar surface area (TPSA) is 337 Å². The van der Waals surface area contributed by atoms with Crippen LogP contribution >= 0.6 is 0 Å². The third-order valence-electron chi connectivity index (χ3n) is 8.52. The van der Waals surface area contributed by atoms with Crippen LogP contribution in [0.3, 0.4) is 0 Å². The van der Waals surface area contributed by atoms with E-state index >= 15 is 0 Å². The van der Waals surface area contributed by atoms with Crippen LogP contribution < -0.4 is 0 Å². The maximum atomic E-state index is 14.0. The number of aromatic hydroxyl groups is 10. The summed E-state index contributed by atoms with van der Waals surface area (Å²) in [6.07, 6.45) is -8.43. The standard InChI is InChI=1S/C36H28O20/c37-14-4-1-12(2-5-14)3-6-22(42)54-36-30(48)32(56-33(49)13-7-17(38)25(43)18(39)8-13)31-21(53-36)11-52-34(50)15-9-19(40)26(44)28(46)23(15)24-16(35(51)55-31)10-20(41)27(45)29(24)47/h1-10,21,30-32,36-41,43-48H,11H2/b6-3+/t21-,30-,31-,32-,36+/m1/s1. The van der Waals surface area contributed by atoms with Crippen LogP contribution in [-0.2, 0) is 28.5 Å². The number of phenolic OH excluding ortho intramolecular Hbond substituents is 10. The molecule has 11 N–H and O–H groups in total. The number of carbonyl (C=O) groups is 4. The summed E-state index contributed by atoms with van der Waals surface area (Å²) in [5, 5.41) is 114. The summed E-state index contributed by atoms with van der Waals surface area (Å²) in [5.41, 5.74) is -3.91. The molecule has 2 heterocycles. The van der Waals surface area contributed by atoms with Crippen LogP contribution in [0.4, 0.5) is 0 Å². The highest BCUT2D eigenvalue weighted by atomic mass is 16.7. The van der Waals surface area contributed by atoms with Crippen molar-refractivity contribution in [3.8, 4) is 68.6 Å². The van der Waals surface area contributed by atoms with Gasteiger partial charge in [-0.1, -0.05) is 12.1 Å². The number of phenols is 10. The second-order valence-corrected chi connectivity index (χ2v) is 12.1. The van der Waals surface area contributed by atoms with Crippen molar-refractivity contribution in [3.63, 3.8) is 0 Å². The van der Waals surface area contributed by atoms with Gasteiger partial charge in [0.1, 0.15) is 18.5 Å². The number of benzene rings is 4. The number of aliphatic hydroxyl groups is 1. The van der Waals surface area contributed by atoms with Crippen LogP contribution in [0.25, 0.3) is 17.2 Å². The number of hydrogen-bond donors (Lipinski definition) is 11. The molecule has 4 aromatic carbocycles. The Balaban J connectivity index is 1.45. The van der Waals surface area contributed by atoms with Gasteiger partial charge in [-0.15, -0.1) is 0 Å². The van der Waals surface area contributed by atoms with Gasteiger partial charge in [0.25, 0.3) is 0 Å². The van der Waals surface area contributed by atoms with Gasteiger partial charge in [0.2, 0.25) is 17.8 Å². The molecule has 292 valence electrons. The molecule has 4 aromatic rings. The van der Waals surface area contributed by atoms with Crippen molar-refractivity contribution in [2.24, 2.45) is 0 Å². The first kappa shape index (κ1) is 38.2. The zero-order valence-corrected chi connectivity index (χ0v) is 28.0. The maximum absolute atomic E-state index is 14.0. The Bertz CT molecular complexity index is 2270. The Labute approximate surface area is 311 Å². The molecule has 0 aromatic heterocycles. The van der Waals surface area contributed by atoms with Crippen LogP contribution in [0.2, 0.25) is 0 Å². The van der Waals surface area contributed by atoms with Crippen molar-refractivity contribution < 1.29 is 99.0 Å². The van der Waals surface area contributed by atoms with Gasteiger partial charge < -0.3 is 79.9 Å². The van der Waals surface area contributed by atoms with Crippen LogP contribution in [0.15, 0.2) is 54.6 Å². The van der Waals surface area contributed by atoms with Crippen molar-refractivity contribution in [2.75, 3.05) is 6.61 Å². The van der Waals surface area contributed by atoms with Crippen molar-refractivity contribution >= 4 is 30.0 Å². The van der Waals surface area contributed by atoms with Gasteiger partial charge in [-0.05, 0) is 48.0 Å². The first-order valence-corrected chi connectivity index (χ1v) is 15.9. The molecule has 0 amide bonds. The first-order valence-electron chi connectivity index (χ1n) is 15.9. The van der Waals surface area contributed by atoms with E-state index in [9.17, 15) is 75.3 Å². The van der Waals surface area contributed by atoms with E-state index in [1.54, 1.807) is 0 Å². The van der Waals surface area contributed by atoms with Gasteiger partial charge in [0, 0.05) is 17.2 Å². The van der Waals surface area contributed by atoms with Gasteiger partial charge in [-0.2, -0.15) is 0 Å². The lowest BCUT2D eigenvalue weighted by atomic mass is 9.92. The SMILES string of the molecule is O=C(/C=C/c1ccc(O)cc1)O[C@@H]1O[C@@H]2COC(=O)c3cc(O)c(O)c(O)c3-c3c(cc(O)c(O)c3O)C(=O)O[C@H]2[C@H](OC(=O)c2cc(O)c(O)c(O)c2)[C@H]1O. The van der Waals surface area contributed by atoms with E-state index in [1.165, 1.54) is 30.3 Å². The smallest absolute Gasteiger partial charge is 0.339 e. The van der Waals surface area contributed by atoms with E-state index in [0.717, 1.165) is 6.08 Å². The monoisotopic (exact) mass is 780 g/mol. The number of rotatable bonds is 5. The van der Waals surface area contributed by atoms with Crippen LogP contribution in [-0.4, -0.2) is 117 Å². The van der Waals surface area contributed by atoms with Crippen molar-refractivity contribution in [3.05, 3.63) is 76.9 Å². The number of ether oxygens (including phenoxy) is 5. The molecule has 20 heteroatoms. The summed E-state index contributed by atoms with van der Waals surface area (Å²) < 4.78 is 27.3. The number of fused-ring (bicyclic) bond motifs is 4. The van der Waals surface area contributed by atoms with Gasteiger partial charge in [-0.25, -0.2) is 19.2 Å². The summed E-state index contributed by atoms with van der Waals surface area (Å²) >= 11 is 0. The average molecular weight is 781 g/mol. The predicted molar refractivity (Wildman–Crippen MR) is 180 cm³/mol. The molecule has 0 saturated carbocycles.